The minimum atomic E-state index is 0.617. The van der Waals surface area contributed by atoms with Crippen molar-refractivity contribution in [3.63, 3.8) is 0 Å². The van der Waals surface area contributed by atoms with E-state index < -0.39 is 0 Å². The Morgan fingerprint density at radius 2 is 2.07 bits per heavy atom. The van der Waals surface area contributed by atoms with Gasteiger partial charge < -0.3 is 5.32 Å². The number of hydrogen-bond donors (Lipinski definition) is 1. The van der Waals surface area contributed by atoms with Crippen LogP contribution in [0.2, 0.25) is 0 Å². The molecule has 0 aliphatic heterocycles. The molecule has 27 heavy (non-hydrogen) atoms. The van der Waals surface area contributed by atoms with Crippen LogP contribution in [0, 0.1) is 6.92 Å². The van der Waals surface area contributed by atoms with Crippen LogP contribution in [0.4, 0.5) is 5.82 Å². The number of nitrogens with one attached hydrogen (secondary N) is 1. The van der Waals surface area contributed by atoms with Crippen LogP contribution in [-0.4, -0.2) is 57.2 Å². The smallest absolute Gasteiger partial charge is 0.209 e. The van der Waals surface area contributed by atoms with Crippen molar-refractivity contribution < 1.29 is 0 Å². The van der Waals surface area contributed by atoms with E-state index in [2.05, 4.69) is 35.9 Å². The maximum Gasteiger partial charge on any atom is 0.209 e. The number of pyridine rings is 1. The van der Waals surface area contributed by atoms with E-state index in [0.717, 1.165) is 39.0 Å². The Morgan fingerprint density at radius 1 is 1.19 bits per heavy atom. The number of anilines is 1. The quantitative estimate of drug-likeness (QED) is 0.391. The van der Waals surface area contributed by atoms with Crippen molar-refractivity contribution in [3.8, 4) is 11.4 Å². The summed E-state index contributed by atoms with van der Waals surface area (Å²) in [6, 6.07) is 3.81. The van der Waals surface area contributed by atoms with Gasteiger partial charge in [0.25, 0.3) is 0 Å². The summed E-state index contributed by atoms with van der Waals surface area (Å²) < 4.78 is 3.43. The fraction of sp³-hybridized carbons (Fsp3) is 0.312. The van der Waals surface area contributed by atoms with Crippen LogP contribution in [0.3, 0.4) is 0 Å². The molecule has 0 fully saturated rings. The minimum absolute atomic E-state index is 0.617. The molecule has 4 aromatic rings. The van der Waals surface area contributed by atoms with Crippen molar-refractivity contribution in [2.24, 2.45) is 14.1 Å². The average Bonchev–Trinajstić information content (AvgIpc) is 3.22. The maximum absolute atomic E-state index is 4.73. The Labute approximate surface area is 159 Å². The first-order valence-corrected chi connectivity index (χ1v) is 9.33. The number of aromatic nitrogens is 9. The molecular formula is C16H18N10S. The molecule has 0 radical (unpaired) electrons. The Bertz CT molecular complexity index is 1070. The molecule has 0 aliphatic carbocycles. The van der Waals surface area contributed by atoms with Gasteiger partial charge in [-0.2, -0.15) is 5.10 Å². The normalized spacial score (nSPS) is 11.2. The second-order valence-corrected chi connectivity index (χ2v) is 6.97. The molecule has 1 N–H and O–H groups in total. The molecule has 0 aliphatic rings. The number of hydrogen-bond acceptors (Lipinski definition) is 9. The number of fused-ring (bicyclic) bond motifs is 1. The third-order valence-electron chi connectivity index (χ3n) is 3.98. The molecule has 0 bridgehead atoms. The predicted octanol–water partition coefficient (Wildman–Crippen LogP) is 1.46. The maximum atomic E-state index is 4.73. The van der Waals surface area contributed by atoms with E-state index in [0.29, 0.717) is 12.4 Å². The summed E-state index contributed by atoms with van der Waals surface area (Å²) in [6.45, 7) is 2.66. The Hall–Kier alpha value is -3.08. The Kier molecular flexibility index (Phi) is 4.67. The van der Waals surface area contributed by atoms with Crippen LogP contribution in [0.15, 0.2) is 29.7 Å². The van der Waals surface area contributed by atoms with Crippen molar-refractivity contribution in [3.05, 3.63) is 30.2 Å². The first-order valence-electron chi connectivity index (χ1n) is 8.34. The highest BCUT2D eigenvalue weighted by molar-refractivity contribution is 7.99. The molecule has 0 unspecified atom stereocenters. The zero-order chi connectivity index (χ0) is 18.8. The van der Waals surface area contributed by atoms with Crippen molar-refractivity contribution in [2.45, 2.75) is 12.1 Å². The fourth-order valence-corrected chi connectivity index (χ4v) is 3.45. The number of nitrogens with zero attached hydrogens (tertiary/aromatic N) is 9. The summed E-state index contributed by atoms with van der Waals surface area (Å²) >= 11 is 1.58. The minimum Gasteiger partial charge on any atom is -0.368 e. The van der Waals surface area contributed by atoms with E-state index in [-0.39, 0.29) is 0 Å². The molecule has 0 spiro atoms. The fourth-order valence-electron chi connectivity index (χ4n) is 2.75. The van der Waals surface area contributed by atoms with Crippen molar-refractivity contribution >= 4 is 28.6 Å². The van der Waals surface area contributed by atoms with Crippen molar-refractivity contribution in [1.29, 1.82) is 0 Å². The molecule has 4 heterocycles. The average molecular weight is 382 g/mol. The standard InChI is InChI=1S/C16H18N10S/c1-10-12-14(18-7-8-27-16-21-23-24-26(16)3)19-13(11-5-4-6-17-9-11)20-15(12)25(2)22-10/h4-6,9H,7-8H2,1-3H3,(H,18,19,20). The van der Waals surface area contributed by atoms with Gasteiger partial charge in [-0.25, -0.2) is 14.6 Å². The highest BCUT2D eigenvalue weighted by Gasteiger charge is 2.16. The molecule has 138 valence electrons. The van der Waals surface area contributed by atoms with Gasteiger partial charge in [0.05, 0.1) is 11.1 Å². The molecule has 4 rings (SSSR count). The number of aryl methyl sites for hydroxylation is 3. The van der Waals surface area contributed by atoms with Gasteiger partial charge in [0.1, 0.15) is 5.82 Å². The summed E-state index contributed by atoms with van der Waals surface area (Å²) in [6.07, 6.45) is 3.49. The molecule has 4 aromatic heterocycles. The molecule has 0 atom stereocenters. The van der Waals surface area contributed by atoms with Crippen LogP contribution in [0.5, 0.6) is 0 Å². The van der Waals surface area contributed by atoms with E-state index in [1.165, 1.54) is 0 Å². The zero-order valence-electron chi connectivity index (χ0n) is 15.2. The van der Waals surface area contributed by atoms with Gasteiger partial charge in [-0.05, 0) is 29.5 Å². The second-order valence-electron chi connectivity index (χ2n) is 5.91. The zero-order valence-corrected chi connectivity index (χ0v) is 16.0. The van der Waals surface area contributed by atoms with Crippen LogP contribution >= 0.6 is 11.8 Å². The van der Waals surface area contributed by atoms with Gasteiger partial charge in [-0.1, -0.05) is 11.8 Å². The van der Waals surface area contributed by atoms with Crippen LogP contribution in [0.25, 0.3) is 22.4 Å². The highest BCUT2D eigenvalue weighted by atomic mass is 32.2. The SMILES string of the molecule is Cc1nn(C)c2nc(-c3cccnc3)nc(NCCSc3nnnn3C)c12. The third kappa shape index (κ3) is 3.45. The summed E-state index contributed by atoms with van der Waals surface area (Å²) in [5.41, 5.74) is 2.53. The molecule has 10 nitrogen and oxygen atoms in total. The monoisotopic (exact) mass is 382 g/mol. The van der Waals surface area contributed by atoms with Crippen LogP contribution in [0.1, 0.15) is 5.69 Å². The highest BCUT2D eigenvalue weighted by Crippen LogP contribution is 2.27. The van der Waals surface area contributed by atoms with Gasteiger partial charge in [0, 0.05) is 44.4 Å². The van der Waals surface area contributed by atoms with Gasteiger partial charge in [0.2, 0.25) is 5.16 Å². The summed E-state index contributed by atoms with van der Waals surface area (Å²) in [5, 5.41) is 21.0. The lowest BCUT2D eigenvalue weighted by atomic mass is 10.2. The molecular weight excluding hydrogens is 364 g/mol. The number of tetrazole rings is 1. The van der Waals surface area contributed by atoms with Gasteiger partial charge in [-0.3, -0.25) is 9.67 Å². The Balaban J connectivity index is 1.61. The summed E-state index contributed by atoms with van der Waals surface area (Å²) in [4.78, 5) is 13.6. The first kappa shape index (κ1) is 17.3. The molecule has 0 saturated heterocycles. The third-order valence-corrected chi connectivity index (χ3v) is 5.00. The van der Waals surface area contributed by atoms with E-state index in [9.17, 15) is 0 Å². The van der Waals surface area contributed by atoms with Crippen molar-refractivity contribution in [1.82, 2.24) is 44.9 Å². The first-order chi connectivity index (χ1) is 13.1. The number of thioether (sulfide) groups is 1. The van der Waals surface area contributed by atoms with Crippen LogP contribution < -0.4 is 5.32 Å². The topological polar surface area (TPSA) is 112 Å². The number of rotatable bonds is 6. The van der Waals surface area contributed by atoms with Gasteiger partial charge >= 0.3 is 0 Å². The lowest BCUT2D eigenvalue weighted by molar-refractivity contribution is 0.664. The van der Waals surface area contributed by atoms with Gasteiger partial charge in [-0.15, -0.1) is 5.10 Å². The lowest BCUT2D eigenvalue weighted by Gasteiger charge is -2.09. The van der Waals surface area contributed by atoms with E-state index in [1.54, 1.807) is 33.5 Å². The molecule has 0 aromatic carbocycles. The van der Waals surface area contributed by atoms with Crippen molar-refractivity contribution in [2.75, 3.05) is 17.6 Å². The van der Waals surface area contributed by atoms with Gasteiger partial charge in [0.15, 0.2) is 11.5 Å². The molecule has 11 heteroatoms. The lowest BCUT2D eigenvalue weighted by Crippen LogP contribution is -2.08. The molecule has 0 amide bonds. The predicted molar refractivity (Wildman–Crippen MR) is 102 cm³/mol. The summed E-state index contributed by atoms with van der Waals surface area (Å²) in [5.74, 6) is 2.17. The van der Waals surface area contributed by atoms with E-state index in [4.69, 9.17) is 4.98 Å². The van der Waals surface area contributed by atoms with E-state index in [1.807, 2.05) is 33.2 Å². The second kappa shape index (κ2) is 7.27. The summed E-state index contributed by atoms with van der Waals surface area (Å²) in [7, 11) is 3.71. The largest absolute Gasteiger partial charge is 0.368 e. The Morgan fingerprint density at radius 3 is 2.81 bits per heavy atom. The molecule has 0 saturated carbocycles. The van der Waals surface area contributed by atoms with Crippen LogP contribution in [-0.2, 0) is 14.1 Å². The van der Waals surface area contributed by atoms with E-state index >= 15 is 0 Å².